The topological polar surface area (TPSA) is 97.6 Å². The minimum atomic E-state index is -0.642. The lowest BCUT2D eigenvalue weighted by molar-refractivity contribution is -0.142. The van der Waals surface area contributed by atoms with Crippen molar-refractivity contribution in [3.8, 4) is 17.6 Å². The first-order valence-corrected chi connectivity index (χ1v) is 10.1. The van der Waals surface area contributed by atoms with E-state index in [2.05, 4.69) is 11.4 Å². The molecule has 2 aromatic carbocycles. The molecular weight excluding hydrogens is 396 g/mol. The van der Waals surface area contributed by atoms with Gasteiger partial charge in [0.15, 0.2) is 6.61 Å². The molecule has 31 heavy (non-hydrogen) atoms. The number of hydrogen-bond acceptors (Lipinski definition) is 6. The van der Waals surface area contributed by atoms with Gasteiger partial charge in [-0.3, -0.25) is 4.79 Å². The molecule has 1 aliphatic rings. The van der Waals surface area contributed by atoms with Gasteiger partial charge in [0.1, 0.15) is 17.6 Å². The molecule has 3 rings (SSSR count). The number of carbonyl (C=O) groups is 2. The summed E-state index contributed by atoms with van der Waals surface area (Å²) in [7, 11) is 0. The molecule has 0 bridgehead atoms. The molecule has 0 aromatic heterocycles. The van der Waals surface area contributed by atoms with Crippen LogP contribution in [0.3, 0.4) is 0 Å². The van der Waals surface area contributed by atoms with Crippen LogP contribution in [0.5, 0.6) is 11.5 Å². The average Bonchev–Trinajstić information content (AvgIpc) is 3.11. The van der Waals surface area contributed by atoms with Crippen molar-refractivity contribution >= 4 is 23.6 Å². The molecule has 1 amide bonds. The average molecular weight is 420 g/mol. The van der Waals surface area contributed by atoms with Crippen LogP contribution in [0, 0.1) is 11.3 Å². The number of ether oxygens (including phenoxy) is 3. The summed E-state index contributed by atoms with van der Waals surface area (Å²) in [6, 6.07) is 12.7. The maximum absolute atomic E-state index is 12.1. The minimum Gasteiger partial charge on any atom is -0.493 e. The Hall–Kier alpha value is -3.79. The van der Waals surface area contributed by atoms with E-state index in [1.54, 1.807) is 30.3 Å². The quantitative estimate of drug-likeness (QED) is 0.517. The van der Waals surface area contributed by atoms with Gasteiger partial charge in [0.25, 0.3) is 5.91 Å². The van der Waals surface area contributed by atoms with Gasteiger partial charge >= 0.3 is 5.97 Å². The molecule has 0 saturated carbocycles. The molecule has 0 radical (unpaired) electrons. The Kier molecular flexibility index (Phi) is 7.28. The van der Waals surface area contributed by atoms with Gasteiger partial charge in [0.2, 0.25) is 0 Å². The molecule has 2 aromatic rings. The lowest BCUT2D eigenvalue weighted by Crippen LogP contribution is -2.20. The van der Waals surface area contributed by atoms with E-state index in [9.17, 15) is 9.59 Å². The highest BCUT2D eigenvalue weighted by atomic mass is 16.5. The predicted octanol–water partition coefficient (Wildman–Crippen LogP) is 3.67. The van der Waals surface area contributed by atoms with E-state index in [0.717, 1.165) is 23.3 Å². The van der Waals surface area contributed by atoms with Crippen molar-refractivity contribution in [1.29, 1.82) is 5.26 Å². The predicted molar refractivity (Wildman–Crippen MR) is 116 cm³/mol. The Morgan fingerprint density at radius 3 is 2.77 bits per heavy atom. The molecule has 7 heteroatoms. The van der Waals surface area contributed by atoms with E-state index in [-0.39, 0.29) is 6.10 Å². The summed E-state index contributed by atoms with van der Waals surface area (Å²) in [6.07, 6.45) is 4.07. The summed E-state index contributed by atoms with van der Waals surface area (Å²) >= 11 is 0. The molecule has 1 N–H and O–H groups in total. The van der Waals surface area contributed by atoms with Gasteiger partial charge in [-0.15, -0.1) is 0 Å². The molecule has 1 heterocycles. The second kappa shape index (κ2) is 10.3. The number of benzene rings is 2. The maximum Gasteiger partial charge on any atom is 0.331 e. The fourth-order valence-electron chi connectivity index (χ4n) is 3.20. The number of nitrogens with zero attached hydrogens (tertiary/aromatic N) is 1. The van der Waals surface area contributed by atoms with Crippen LogP contribution < -0.4 is 14.8 Å². The van der Waals surface area contributed by atoms with E-state index in [0.29, 0.717) is 30.0 Å². The normalized spacial score (nSPS) is 14.4. The highest BCUT2D eigenvalue weighted by molar-refractivity contribution is 5.94. The Morgan fingerprint density at radius 1 is 1.29 bits per heavy atom. The van der Waals surface area contributed by atoms with Crippen LogP contribution in [0.2, 0.25) is 0 Å². The number of esters is 1. The van der Waals surface area contributed by atoms with Gasteiger partial charge in [-0.25, -0.2) is 4.79 Å². The van der Waals surface area contributed by atoms with Crippen LogP contribution in [0.25, 0.3) is 6.08 Å². The number of nitriles is 1. The largest absolute Gasteiger partial charge is 0.493 e. The van der Waals surface area contributed by atoms with Crippen molar-refractivity contribution in [1.82, 2.24) is 0 Å². The van der Waals surface area contributed by atoms with Crippen LogP contribution in [0.1, 0.15) is 30.5 Å². The molecule has 0 aliphatic carbocycles. The van der Waals surface area contributed by atoms with Crippen molar-refractivity contribution in [2.24, 2.45) is 0 Å². The van der Waals surface area contributed by atoms with E-state index in [4.69, 9.17) is 19.5 Å². The summed E-state index contributed by atoms with van der Waals surface area (Å²) in [5, 5.41) is 11.3. The van der Waals surface area contributed by atoms with Gasteiger partial charge in [-0.1, -0.05) is 12.1 Å². The van der Waals surface area contributed by atoms with Gasteiger partial charge in [-0.05, 0) is 49.8 Å². The van der Waals surface area contributed by atoms with E-state index < -0.39 is 18.5 Å². The molecule has 0 saturated heterocycles. The second-order valence-corrected chi connectivity index (χ2v) is 7.08. The molecule has 1 atom stereocenters. The molecule has 0 fully saturated rings. The van der Waals surface area contributed by atoms with E-state index in [1.807, 2.05) is 26.0 Å². The summed E-state index contributed by atoms with van der Waals surface area (Å²) in [5.41, 5.74) is 3.20. The number of rotatable bonds is 8. The number of nitrogens with one attached hydrogen (secondary N) is 1. The van der Waals surface area contributed by atoms with Crippen LogP contribution in [0.15, 0.2) is 42.5 Å². The SMILES string of the molecule is CCOc1cc2c(cc1/C=C/C(=O)OCC(=O)Nc1ccc(CC#N)cc1)O[C@@H](C)C2. The van der Waals surface area contributed by atoms with Gasteiger partial charge < -0.3 is 19.5 Å². The first kappa shape index (κ1) is 21.9. The zero-order chi connectivity index (χ0) is 22.2. The third-order valence-corrected chi connectivity index (χ3v) is 4.59. The molecule has 0 spiro atoms. The van der Waals surface area contributed by atoms with Crippen molar-refractivity contribution < 1.29 is 23.8 Å². The van der Waals surface area contributed by atoms with Crippen molar-refractivity contribution in [2.45, 2.75) is 32.8 Å². The molecule has 0 unspecified atom stereocenters. The Balaban J connectivity index is 1.55. The molecular formula is C24H24N2O5. The first-order valence-electron chi connectivity index (χ1n) is 10.1. The lowest BCUT2D eigenvalue weighted by Gasteiger charge is -2.10. The first-order chi connectivity index (χ1) is 15.0. The van der Waals surface area contributed by atoms with Gasteiger partial charge in [0, 0.05) is 29.3 Å². The van der Waals surface area contributed by atoms with Gasteiger partial charge in [-0.2, -0.15) is 5.26 Å². The lowest BCUT2D eigenvalue weighted by atomic mass is 10.1. The number of anilines is 1. The second-order valence-electron chi connectivity index (χ2n) is 7.08. The Morgan fingerprint density at radius 2 is 2.06 bits per heavy atom. The number of carbonyl (C=O) groups excluding carboxylic acids is 2. The summed E-state index contributed by atoms with van der Waals surface area (Å²) < 4.78 is 16.5. The zero-order valence-corrected chi connectivity index (χ0v) is 17.5. The third-order valence-electron chi connectivity index (χ3n) is 4.59. The van der Waals surface area contributed by atoms with Crippen molar-refractivity contribution in [3.63, 3.8) is 0 Å². The van der Waals surface area contributed by atoms with Gasteiger partial charge in [0.05, 0.1) is 19.1 Å². The summed E-state index contributed by atoms with van der Waals surface area (Å²) in [6.45, 7) is 3.98. The summed E-state index contributed by atoms with van der Waals surface area (Å²) in [4.78, 5) is 24.1. The fourth-order valence-corrected chi connectivity index (χ4v) is 3.20. The molecule has 7 nitrogen and oxygen atoms in total. The van der Waals surface area contributed by atoms with Crippen LogP contribution >= 0.6 is 0 Å². The monoisotopic (exact) mass is 420 g/mol. The fraction of sp³-hybridized carbons (Fsp3) is 0.292. The van der Waals surface area contributed by atoms with Crippen LogP contribution in [-0.4, -0.2) is 31.2 Å². The summed E-state index contributed by atoms with van der Waals surface area (Å²) in [5.74, 6) is 0.353. The smallest absolute Gasteiger partial charge is 0.331 e. The van der Waals surface area contributed by atoms with E-state index >= 15 is 0 Å². The molecule has 1 aliphatic heterocycles. The van der Waals surface area contributed by atoms with Crippen molar-refractivity contribution in [2.75, 3.05) is 18.5 Å². The van der Waals surface area contributed by atoms with E-state index in [1.165, 1.54) is 6.08 Å². The molecule has 160 valence electrons. The zero-order valence-electron chi connectivity index (χ0n) is 17.5. The minimum absolute atomic E-state index is 0.106. The highest BCUT2D eigenvalue weighted by Gasteiger charge is 2.21. The van der Waals surface area contributed by atoms with Crippen LogP contribution in [-0.2, 0) is 27.2 Å². The highest BCUT2D eigenvalue weighted by Crippen LogP contribution is 2.35. The Bertz CT molecular complexity index is 1020. The number of fused-ring (bicyclic) bond motifs is 1. The van der Waals surface area contributed by atoms with Crippen LogP contribution in [0.4, 0.5) is 5.69 Å². The van der Waals surface area contributed by atoms with Crippen molar-refractivity contribution in [3.05, 3.63) is 59.2 Å². The standard InChI is InChI=1S/C24H24N2O5/c1-3-29-21-14-19-12-16(2)31-22(19)13-18(21)6-9-24(28)30-15-23(27)26-20-7-4-17(5-8-20)10-11-25/h4-9,13-14,16H,3,10,12,15H2,1-2H3,(H,26,27)/b9-6+/t16-/m0/s1. The Labute approximate surface area is 181 Å². The third kappa shape index (κ3) is 6.09. The maximum atomic E-state index is 12.1. The number of hydrogen-bond donors (Lipinski definition) is 1. The number of amides is 1.